The first-order valence-corrected chi connectivity index (χ1v) is 15.3. The maximum Gasteiger partial charge on any atom is 0.482 e. The molecular weight excluding hydrogens is 585 g/mol. The average molecular weight is 629 g/mol. The summed E-state index contributed by atoms with van der Waals surface area (Å²) in [5, 5.41) is 2.89. The van der Waals surface area contributed by atoms with E-state index in [1.165, 1.54) is 26.4 Å². The molecule has 2 aromatic rings. The molecule has 0 radical (unpaired) electrons. The topological polar surface area (TPSA) is 118 Å². The number of hydrogen-bond donors (Lipinski definition) is 2. The summed E-state index contributed by atoms with van der Waals surface area (Å²) in [6.07, 6.45) is 1.79. The van der Waals surface area contributed by atoms with Gasteiger partial charge in [-0.15, -0.1) is 0 Å². The molecule has 4 fully saturated rings. The second-order valence-electron chi connectivity index (χ2n) is 14.1. The molecule has 3 saturated carbocycles. The predicted octanol–water partition coefficient (Wildman–Crippen LogP) is 4.93. The summed E-state index contributed by atoms with van der Waals surface area (Å²) >= 11 is 0. The zero-order valence-electron chi connectivity index (χ0n) is 27.2. The van der Waals surface area contributed by atoms with Gasteiger partial charge >= 0.3 is 13.1 Å². The van der Waals surface area contributed by atoms with Crippen LogP contribution in [0.1, 0.15) is 81.9 Å². The van der Waals surface area contributed by atoms with Crippen LogP contribution < -0.4 is 20.5 Å². The molecule has 1 heterocycles. The van der Waals surface area contributed by atoms with Crippen molar-refractivity contribution in [1.82, 2.24) is 5.32 Å². The van der Waals surface area contributed by atoms with Crippen molar-refractivity contribution in [3.05, 3.63) is 58.7 Å². The monoisotopic (exact) mass is 628 g/mol. The minimum atomic E-state index is -1.55. The lowest BCUT2D eigenvalue weighted by Gasteiger charge is -2.64. The summed E-state index contributed by atoms with van der Waals surface area (Å²) < 4.78 is 58.8. The number of carbonyl (C=O) groups is 2. The fourth-order valence-electron chi connectivity index (χ4n) is 7.36. The molecule has 1 unspecified atom stereocenters. The highest BCUT2D eigenvalue weighted by atomic mass is 19.2. The molecule has 0 aromatic heterocycles. The molecule has 3 aliphatic carbocycles. The number of benzene rings is 2. The molecule has 1 amide bonds. The summed E-state index contributed by atoms with van der Waals surface area (Å²) in [5.74, 6) is -3.92. The Hall–Kier alpha value is -3.22. The molecule has 0 spiro atoms. The van der Waals surface area contributed by atoms with Gasteiger partial charge in [0.05, 0.1) is 31.9 Å². The Labute approximate surface area is 263 Å². The fraction of sp³-hybridized carbons (Fsp3) is 0.576. The highest BCUT2D eigenvalue weighted by Gasteiger charge is 2.68. The van der Waals surface area contributed by atoms with E-state index >= 15 is 0 Å². The van der Waals surface area contributed by atoms with Crippen LogP contribution in [0.5, 0.6) is 11.5 Å². The fourth-order valence-corrected chi connectivity index (χ4v) is 7.36. The third-order valence-electron chi connectivity index (χ3n) is 9.90. The summed E-state index contributed by atoms with van der Waals surface area (Å²) in [5.41, 5.74) is 5.45. The highest BCUT2D eigenvalue weighted by molar-refractivity contribution is 6.48. The maximum atomic E-state index is 14.9. The average Bonchev–Trinajstić information content (AvgIpc) is 3.34. The number of hydrogen-bond acceptors (Lipinski definition) is 8. The minimum absolute atomic E-state index is 0.0888. The third-order valence-corrected chi connectivity index (χ3v) is 9.90. The summed E-state index contributed by atoms with van der Waals surface area (Å²) in [6.45, 7) is 11.9. The van der Waals surface area contributed by atoms with Gasteiger partial charge < -0.3 is 34.6 Å². The quantitative estimate of drug-likeness (QED) is 0.297. The lowest BCUT2D eigenvalue weighted by Crippen LogP contribution is -2.65. The smallest absolute Gasteiger partial charge is 0.482 e. The molecule has 12 heteroatoms. The Kier molecular flexibility index (Phi) is 8.74. The van der Waals surface area contributed by atoms with E-state index in [2.05, 4.69) is 26.1 Å². The Bertz CT molecular complexity index is 1480. The standard InChI is InChI=1S/C33H43BF2N2O7/c1-31(2,3)43-30(40)20-11-9-10-17(28(20)42-8)14-24(34-44-23-16-18-15-22(32(18,4)5)33(23,6)45-34)38-29(39)27(37)19-12-13-21(41-7)26(36)25(19)35/h9-13,18,22-24,27H,14-16,37H2,1-8H3,(H,38,39)/t18-,22-,23+,24-,27?,33-/m0/s1. The molecule has 6 rings (SSSR count). The molecule has 3 N–H and O–H groups in total. The second kappa shape index (κ2) is 11.9. The van der Waals surface area contributed by atoms with Gasteiger partial charge in [0, 0.05) is 5.56 Å². The number of nitrogens with two attached hydrogens (primary N) is 1. The van der Waals surface area contributed by atoms with Gasteiger partial charge in [0.1, 0.15) is 23.0 Å². The van der Waals surface area contributed by atoms with Crippen LogP contribution in [0.4, 0.5) is 8.78 Å². The van der Waals surface area contributed by atoms with Crippen molar-refractivity contribution in [2.75, 3.05) is 14.2 Å². The van der Waals surface area contributed by atoms with E-state index in [0.717, 1.165) is 12.8 Å². The largest absolute Gasteiger partial charge is 0.496 e. The lowest BCUT2D eigenvalue weighted by molar-refractivity contribution is -0.199. The van der Waals surface area contributed by atoms with E-state index in [1.54, 1.807) is 39.0 Å². The van der Waals surface area contributed by atoms with Gasteiger partial charge in [-0.05, 0) is 81.9 Å². The first-order chi connectivity index (χ1) is 21.0. The number of esters is 1. The van der Waals surface area contributed by atoms with Crippen molar-refractivity contribution in [2.45, 2.75) is 90.1 Å². The number of para-hydroxylation sites is 1. The summed E-state index contributed by atoms with van der Waals surface area (Å²) in [7, 11) is 1.77. The highest BCUT2D eigenvalue weighted by Crippen LogP contribution is 2.65. The summed E-state index contributed by atoms with van der Waals surface area (Å²) in [4.78, 5) is 26.7. The van der Waals surface area contributed by atoms with Crippen LogP contribution in [0.15, 0.2) is 30.3 Å². The zero-order chi connectivity index (χ0) is 33.1. The van der Waals surface area contributed by atoms with E-state index in [0.29, 0.717) is 11.5 Å². The first kappa shape index (κ1) is 33.2. The van der Waals surface area contributed by atoms with Gasteiger partial charge in [-0.25, -0.2) is 9.18 Å². The van der Waals surface area contributed by atoms with Gasteiger partial charge in [-0.2, -0.15) is 4.39 Å². The van der Waals surface area contributed by atoms with Crippen molar-refractivity contribution in [3.8, 4) is 11.5 Å². The van der Waals surface area contributed by atoms with Crippen LogP contribution in [0.2, 0.25) is 0 Å². The number of halogens is 2. The molecule has 1 aliphatic heterocycles. The van der Waals surface area contributed by atoms with Crippen molar-refractivity contribution in [3.63, 3.8) is 0 Å². The Morgan fingerprint density at radius 2 is 1.80 bits per heavy atom. The lowest BCUT2D eigenvalue weighted by atomic mass is 9.43. The number of carbonyl (C=O) groups excluding carboxylic acids is 2. The molecule has 2 aromatic carbocycles. The van der Waals surface area contributed by atoms with Gasteiger partial charge in [0.2, 0.25) is 11.7 Å². The number of ether oxygens (including phenoxy) is 3. The molecule has 6 atom stereocenters. The number of nitrogens with one attached hydrogen (secondary N) is 1. The molecular formula is C33H43BF2N2O7. The Balaban J connectivity index is 1.47. The molecule has 244 valence electrons. The van der Waals surface area contributed by atoms with Gasteiger partial charge in [0.15, 0.2) is 11.6 Å². The van der Waals surface area contributed by atoms with E-state index in [9.17, 15) is 18.4 Å². The number of methoxy groups -OCH3 is 2. The van der Waals surface area contributed by atoms with E-state index in [-0.39, 0.29) is 46.5 Å². The van der Waals surface area contributed by atoms with Crippen molar-refractivity contribution < 1.29 is 41.9 Å². The third kappa shape index (κ3) is 5.92. The van der Waals surface area contributed by atoms with Gasteiger partial charge in [-0.1, -0.05) is 32.0 Å². The molecule has 45 heavy (non-hydrogen) atoms. The second-order valence-corrected chi connectivity index (χ2v) is 14.1. The van der Waals surface area contributed by atoms with Crippen molar-refractivity contribution in [2.24, 2.45) is 23.0 Å². The molecule has 9 nitrogen and oxygen atoms in total. The van der Waals surface area contributed by atoms with Crippen LogP contribution in [0.3, 0.4) is 0 Å². The van der Waals surface area contributed by atoms with Crippen molar-refractivity contribution in [1.29, 1.82) is 0 Å². The van der Waals surface area contributed by atoms with Crippen molar-refractivity contribution >= 4 is 19.0 Å². The van der Waals surface area contributed by atoms with Gasteiger partial charge in [-0.3, -0.25) is 4.79 Å². The molecule has 4 aliphatic rings. The number of rotatable bonds is 9. The maximum absolute atomic E-state index is 14.9. The Morgan fingerprint density at radius 3 is 2.42 bits per heavy atom. The summed E-state index contributed by atoms with van der Waals surface area (Å²) in [6, 6.07) is 5.97. The van der Waals surface area contributed by atoms with Crippen LogP contribution in [0.25, 0.3) is 0 Å². The number of amides is 1. The zero-order valence-corrected chi connectivity index (χ0v) is 27.2. The van der Waals surface area contributed by atoms with Gasteiger partial charge in [0.25, 0.3) is 0 Å². The molecule has 1 saturated heterocycles. The predicted molar refractivity (Wildman–Crippen MR) is 164 cm³/mol. The van der Waals surface area contributed by atoms with Crippen LogP contribution in [0, 0.1) is 28.9 Å². The van der Waals surface area contributed by atoms with E-state index in [4.69, 9.17) is 29.3 Å². The van der Waals surface area contributed by atoms with E-state index in [1.807, 2.05) is 0 Å². The molecule has 2 bridgehead atoms. The van der Waals surface area contributed by atoms with Crippen LogP contribution in [-0.2, 0) is 25.3 Å². The first-order valence-electron chi connectivity index (χ1n) is 15.3. The van der Waals surface area contributed by atoms with E-state index < -0.39 is 53.8 Å². The SMILES string of the molecule is COc1ccc(C(N)C(=O)N[C@@H](Cc2cccc(C(=O)OC(C)(C)C)c2OC)B2O[C@@H]3C[C@@H]4C[C@@H](C4(C)C)[C@]3(C)O2)c(F)c1F. The van der Waals surface area contributed by atoms with Crippen LogP contribution in [-0.4, -0.2) is 56.5 Å². The Morgan fingerprint density at radius 1 is 1.09 bits per heavy atom. The normalized spacial score (nSPS) is 26.3. The minimum Gasteiger partial charge on any atom is -0.496 e. The van der Waals surface area contributed by atoms with Crippen LogP contribution >= 0.6 is 0 Å².